The highest BCUT2D eigenvalue weighted by Gasteiger charge is 2.41. The molecule has 2 heterocycles. The number of ether oxygens (including phenoxy) is 2. The predicted molar refractivity (Wildman–Crippen MR) is 107 cm³/mol. The number of rotatable bonds is 5. The highest BCUT2D eigenvalue weighted by molar-refractivity contribution is 7.84. The third kappa shape index (κ3) is 4.63. The fourth-order valence-electron chi connectivity index (χ4n) is 2.86. The molecule has 0 aliphatic carbocycles. The van der Waals surface area contributed by atoms with Crippen molar-refractivity contribution in [3.8, 4) is 5.69 Å². The van der Waals surface area contributed by atoms with Gasteiger partial charge in [-0.3, -0.25) is 0 Å². The van der Waals surface area contributed by atoms with E-state index < -0.39 is 39.5 Å². The minimum absolute atomic E-state index is 0.0153. The van der Waals surface area contributed by atoms with E-state index in [1.807, 2.05) is 34.6 Å². The lowest BCUT2D eigenvalue weighted by Gasteiger charge is -2.28. The van der Waals surface area contributed by atoms with Crippen LogP contribution in [0.5, 0.6) is 0 Å². The fraction of sp³-hybridized carbons (Fsp3) is 0.526. The van der Waals surface area contributed by atoms with Crippen molar-refractivity contribution in [3.05, 3.63) is 47.3 Å². The van der Waals surface area contributed by atoms with Gasteiger partial charge in [-0.25, -0.2) is 18.3 Å². The number of imidazole rings is 1. The molecule has 154 valence electrons. The Morgan fingerprint density at radius 2 is 2.14 bits per heavy atom. The SMILES string of the molecule is CC1(C)OC[C@H]([C@H](NS(=O)C(C)(C)C)c2nccn2-c2ccc(F)c(Cl)c2)O1. The third-order valence-corrected chi connectivity index (χ3v) is 6.19. The number of nitrogens with one attached hydrogen (secondary N) is 1. The molecular weight excluding hydrogens is 405 g/mol. The summed E-state index contributed by atoms with van der Waals surface area (Å²) in [6, 6.07) is 3.92. The number of hydrogen-bond donors (Lipinski definition) is 1. The van der Waals surface area contributed by atoms with Gasteiger partial charge in [-0.1, -0.05) is 11.6 Å². The second-order valence-corrected chi connectivity index (χ2v) is 10.5. The Hall–Kier alpha value is -1.32. The standard InChI is InChI=1S/C19H25ClFN3O3S/c1-18(2,3)28(25)23-16(15-11-26-19(4,5)27-15)17-22-8-9-24(17)12-6-7-14(21)13(20)10-12/h6-10,15-16,23H,11H2,1-5H3/t15-,16+,28?/m1/s1. The van der Waals surface area contributed by atoms with Crippen molar-refractivity contribution in [2.24, 2.45) is 0 Å². The first-order chi connectivity index (χ1) is 13.0. The van der Waals surface area contributed by atoms with Crippen LogP contribution in [0, 0.1) is 5.82 Å². The lowest BCUT2D eigenvalue weighted by molar-refractivity contribution is -0.141. The van der Waals surface area contributed by atoms with Gasteiger partial charge in [0.25, 0.3) is 0 Å². The zero-order valence-electron chi connectivity index (χ0n) is 16.5. The maximum absolute atomic E-state index is 13.6. The van der Waals surface area contributed by atoms with Crippen LogP contribution in [-0.2, 0) is 20.5 Å². The highest BCUT2D eigenvalue weighted by atomic mass is 35.5. The van der Waals surface area contributed by atoms with Gasteiger partial charge in [-0.2, -0.15) is 0 Å². The maximum Gasteiger partial charge on any atom is 0.163 e. The monoisotopic (exact) mass is 429 g/mol. The molecular formula is C19H25ClFN3O3S. The smallest absolute Gasteiger partial charge is 0.163 e. The van der Waals surface area contributed by atoms with Crippen LogP contribution >= 0.6 is 11.6 Å². The van der Waals surface area contributed by atoms with Crippen LogP contribution in [0.15, 0.2) is 30.6 Å². The van der Waals surface area contributed by atoms with E-state index in [0.29, 0.717) is 18.1 Å². The molecule has 1 unspecified atom stereocenters. The molecule has 6 nitrogen and oxygen atoms in total. The number of aromatic nitrogens is 2. The molecule has 0 spiro atoms. The molecule has 0 saturated carbocycles. The molecule has 1 aromatic carbocycles. The van der Waals surface area contributed by atoms with E-state index in [4.69, 9.17) is 21.1 Å². The second kappa shape index (κ2) is 7.84. The van der Waals surface area contributed by atoms with Crippen molar-refractivity contribution < 1.29 is 18.1 Å². The van der Waals surface area contributed by atoms with E-state index in [1.165, 1.54) is 12.1 Å². The van der Waals surface area contributed by atoms with Gasteiger partial charge < -0.3 is 14.0 Å². The minimum atomic E-state index is -1.37. The first-order valence-corrected chi connectivity index (χ1v) is 10.5. The van der Waals surface area contributed by atoms with E-state index in [9.17, 15) is 8.60 Å². The summed E-state index contributed by atoms with van der Waals surface area (Å²) in [6.45, 7) is 9.64. The van der Waals surface area contributed by atoms with Crippen molar-refractivity contribution in [2.45, 2.75) is 57.3 Å². The van der Waals surface area contributed by atoms with Gasteiger partial charge >= 0.3 is 0 Å². The molecule has 1 aliphatic heterocycles. The summed E-state index contributed by atoms with van der Waals surface area (Å²) < 4.78 is 42.6. The number of hydrogen-bond acceptors (Lipinski definition) is 4. The van der Waals surface area contributed by atoms with Gasteiger partial charge in [0.2, 0.25) is 0 Å². The van der Waals surface area contributed by atoms with Crippen LogP contribution in [0.1, 0.15) is 46.5 Å². The van der Waals surface area contributed by atoms with Gasteiger partial charge in [-0.05, 0) is 52.8 Å². The molecule has 0 amide bonds. The third-order valence-electron chi connectivity index (χ3n) is 4.32. The van der Waals surface area contributed by atoms with Crippen molar-refractivity contribution >= 4 is 22.6 Å². The Kier molecular flexibility index (Phi) is 5.99. The summed E-state index contributed by atoms with van der Waals surface area (Å²) in [4.78, 5) is 4.47. The maximum atomic E-state index is 13.6. The van der Waals surface area contributed by atoms with Crippen LogP contribution < -0.4 is 4.72 Å². The largest absolute Gasteiger partial charge is 0.348 e. The Balaban J connectivity index is 2.00. The van der Waals surface area contributed by atoms with Crippen LogP contribution in [0.2, 0.25) is 5.02 Å². The molecule has 28 heavy (non-hydrogen) atoms. The Labute approximate surface area is 172 Å². The summed E-state index contributed by atoms with van der Waals surface area (Å²) in [6.07, 6.45) is 2.97. The van der Waals surface area contributed by atoms with E-state index >= 15 is 0 Å². The zero-order chi connectivity index (χ0) is 20.7. The van der Waals surface area contributed by atoms with Gasteiger partial charge in [0.1, 0.15) is 23.8 Å². The average molecular weight is 430 g/mol. The predicted octanol–water partition coefficient (Wildman–Crippen LogP) is 3.91. The molecule has 1 N–H and O–H groups in total. The molecule has 0 radical (unpaired) electrons. The lowest BCUT2D eigenvalue weighted by Crippen LogP contribution is -2.42. The number of nitrogens with zero attached hydrogens (tertiary/aromatic N) is 2. The minimum Gasteiger partial charge on any atom is -0.348 e. The first-order valence-electron chi connectivity index (χ1n) is 8.96. The van der Waals surface area contributed by atoms with E-state index in [-0.39, 0.29) is 5.02 Å². The number of benzene rings is 1. The lowest BCUT2D eigenvalue weighted by atomic mass is 10.1. The molecule has 3 atom stereocenters. The second-order valence-electron chi connectivity index (χ2n) is 8.10. The number of halogens is 2. The summed E-state index contributed by atoms with van der Waals surface area (Å²) in [5, 5.41) is 0.0153. The molecule has 1 aliphatic rings. The van der Waals surface area contributed by atoms with Crippen LogP contribution in [0.4, 0.5) is 4.39 Å². The average Bonchev–Trinajstić information content (AvgIpc) is 3.20. The normalized spacial score (nSPS) is 21.6. The fourth-order valence-corrected chi connectivity index (χ4v) is 3.88. The van der Waals surface area contributed by atoms with Crippen molar-refractivity contribution in [3.63, 3.8) is 0 Å². The Morgan fingerprint density at radius 1 is 1.43 bits per heavy atom. The summed E-state index contributed by atoms with van der Waals surface area (Å²) in [7, 11) is -1.37. The highest BCUT2D eigenvalue weighted by Crippen LogP contribution is 2.32. The molecule has 3 rings (SSSR count). The van der Waals surface area contributed by atoms with Gasteiger partial charge in [-0.15, -0.1) is 0 Å². The summed E-state index contributed by atoms with van der Waals surface area (Å²) in [5.74, 6) is -0.666. The molecule has 1 fully saturated rings. The van der Waals surface area contributed by atoms with Crippen LogP contribution in [0.3, 0.4) is 0 Å². The van der Waals surface area contributed by atoms with Gasteiger partial charge in [0.15, 0.2) is 5.79 Å². The van der Waals surface area contributed by atoms with Crippen LogP contribution in [0.25, 0.3) is 5.69 Å². The van der Waals surface area contributed by atoms with Crippen molar-refractivity contribution in [1.29, 1.82) is 0 Å². The van der Waals surface area contributed by atoms with Crippen molar-refractivity contribution in [2.75, 3.05) is 6.61 Å². The summed E-state index contributed by atoms with van der Waals surface area (Å²) in [5.41, 5.74) is 0.644. The Bertz CT molecular complexity index is 882. The van der Waals surface area contributed by atoms with Crippen LogP contribution in [-0.4, -0.2) is 37.0 Å². The molecule has 2 aromatic rings. The molecule has 0 bridgehead atoms. The Morgan fingerprint density at radius 3 is 2.71 bits per heavy atom. The molecule has 1 aromatic heterocycles. The van der Waals surface area contributed by atoms with E-state index in [1.54, 1.807) is 23.0 Å². The zero-order valence-corrected chi connectivity index (χ0v) is 18.1. The molecule has 9 heteroatoms. The van der Waals surface area contributed by atoms with E-state index in [0.717, 1.165) is 0 Å². The van der Waals surface area contributed by atoms with Crippen molar-refractivity contribution in [1.82, 2.24) is 14.3 Å². The quantitative estimate of drug-likeness (QED) is 0.782. The van der Waals surface area contributed by atoms with Gasteiger partial charge in [0.05, 0.1) is 27.4 Å². The first kappa shape index (κ1) is 21.4. The van der Waals surface area contributed by atoms with E-state index in [2.05, 4.69) is 9.71 Å². The van der Waals surface area contributed by atoms with Gasteiger partial charge in [0, 0.05) is 18.1 Å². The topological polar surface area (TPSA) is 65.4 Å². The molecule has 1 saturated heterocycles. The summed E-state index contributed by atoms with van der Waals surface area (Å²) >= 11 is 5.95.